The Balaban J connectivity index is 1.20. The SMILES string of the molecule is c1ccc(-c2ccc(-c3nc(-c4ccc(-c5cccc6ccccc56)cc4-c4ccccc4)nc(-c4cccc5c4oc4ccccc45)n3)cc2)cc1. The predicted octanol–water partition coefficient (Wildman–Crippen LogP) is 12.9. The summed E-state index contributed by atoms with van der Waals surface area (Å²) in [5.74, 6) is 1.74. The number of para-hydroxylation sites is 2. The van der Waals surface area contributed by atoms with Crippen LogP contribution in [0.2, 0.25) is 0 Å². The molecule has 8 aromatic carbocycles. The standard InChI is InChI=1S/C49H31N3O/c1-3-13-32(14-4-1)33-25-27-36(28-26-33)47-50-48(52-49(51-47)43-23-12-22-41-40-20-9-10-24-45(40)53-46(41)43)42-30-29-37(31-44(42)35-15-5-2-6-16-35)39-21-11-18-34-17-7-8-19-38(34)39/h1-31H. The van der Waals surface area contributed by atoms with Gasteiger partial charge in [0.25, 0.3) is 0 Å². The van der Waals surface area contributed by atoms with E-state index in [2.05, 4.69) is 146 Å². The second-order valence-electron chi connectivity index (χ2n) is 13.2. The van der Waals surface area contributed by atoms with Crippen molar-refractivity contribution in [2.45, 2.75) is 0 Å². The van der Waals surface area contributed by atoms with Crippen molar-refractivity contribution >= 4 is 32.7 Å². The third-order valence-corrected chi connectivity index (χ3v) is 9.98. The molecule has 248 valence electrons. The van der Waals surface area contributed by atoms with Gasteiger partial charge in [-0.3, -0.25) is 0 Å². The van der Waals surface area contributed by atoms with E-state index in [1.165, 1.54) is 16.3 Å². The van der Waals surface area contributed by atoms with Crippen LogP contribution in [0.15, 0.2) is 192 Å². The number of fused-ring (bicyclic) bond motifs is 4. The summed E-state index contributed by atoms with van der Waals surface area (Å²) >= 11 is 0. The zero-order valence-corrected chi connectivity index (χ0v) is 28.6. The van der Waals surface area contributed by atoms with E-state index in [1.54, 1.807) is 0 Å². The Hall–Kier alpha value is -7.17. The number of hydrogen-bond acceptors (Lipinski definition) is 4. The van der Waals surface area contributed by atoms with Gasteiger partial charge in [-0.2, -0.15) is 0 Å². The van der Waals surface area contributed by atoms with E-state index in [0.717, 1.165) is 66.4 Å². The van der Waals surface area contributed by atoms with Crippen LogP contribution in [0.25, 0.3) is 100 Å². The first-order valence-electron chi connectivity index (χ1n) is 17.8. The van der Waals surface area contributed by atoms with Crippen LogP contribution < -0.4 is 0 Å². The molecule has 0 atom stereocenters. The maximum Gasteiger partial charge on any atom is 0.167 e. The number of aromatic nitrogens is 3. The fraction of sp³-hybridized carbons (Fsp3) is 0. The van der Waals surface area contributed by atoms with Crippen molar-refractivity contribution in [1.82, 2.24) is 15.0 Å². The first-order valence-corrected chi connectivity index (χ1v) is 17.8. The number of furan rings is 1. The van der Waals surface area contributed by atoms with Crippen molar-refractivity contribution in [3.8, 4) is 67.5 Å². The van der Waals surface area contributed by atoms with Gasteiger partial charge in [-0.25, -0.2) is 15.0 Å². The molecule has 0 saturated carbocycles. The first-order chi connectivity index (χ1) is 26.3. The molecule has 0 amide bonds. The molecule has 2 heterocycles. The van der Waals surface area contributed by atoms with E-state index in [4.69, 9.17) is 19.4 Å². The summed E-state index contributed by atoms with van der Waals surface area (Å²) in [7, 11) is 0. The topological polar surface area (TPSA) is 51.8 Å². The molecule has 0 bridgehead atoms. The Bertz CT molecular complexity index is 2930. The molecule has 0 aliphatic rings. The highest BCUT2D eigenvalue weighted by atomic mass is 16.3. The zero-order chi connectivity index (χ0) is 35.1. The summed E-state index contributed by atoms with van der Waals surface area (Å²) < 4.78 is 6.49. The van der Waals surface area contributed by atoms with E-state index in [0.29, 0.717) is 17.5 Å². The van der Waals surface area contributed by atoms with Crippen molar-refractivity contribution in [3.63, 3.8) is 0 Å². The van der Waals surface area contributed by atoms with Gasteiger partial charge in [0, 0.05) is 21.9 Å². The van der Waals surface area contributed by atoms with Gasteiger partial charge in [-0.15, -0.1) is 0 Å². The van der Waals surface area contributed by atoms with Crippen molar-refractivity contribution in [3.05, 3.63) is 188 Å². The molecule has 0 unspecified atom stereocenters. The quantitative estimate of drug-likeness (QED) is 0.176. The number of rotatable bonds is 6. The second-order valence-corrected chi connectivity index (χ2v) is 13.2. The molecule has 0 fully saturated rings. The van der Waals surface area contributed by atoms with Gasteiger partial charge in [0.1, 0.15) is 11.2 Å². The molecule has 10 rings (SSSR count). The lowest BCUT2D eigenvalue weighted by atomic mass is 9.92. The maximum absolute atomic E-state index is 6.49. The Morgan fingerprint density at radius 2 is 0.849 bits per heavy atom. The number of hydrogen-bond donors (Lipinski definition) is 0. The van der Waals surface area contributed by atoms with Crippen LogP contribution in [0.5, 0.6) is 0 Å². The average molecular weight is 678 g/mol. The van der Waals surface area contributed by atoms with Crippen LogP contribution >= 0.6 is 0 Å². The maximum atomic E-state index is 6.49. The van der Waals surface area contributed by atoms with E-state index in [9.17, 15) is 0 Å². The summed E-state index contributed by atoms with van der Waals surface area (Å²) in [6.07, 6.45) is 0. The molecule has 10 aromatic rings. The van der Waals surface area contributed by atoms with Crippen LogP contribution in [0.4, 0.5) is 0 Å². The molecule has 2 aromatic heterocycles. The highest BCUT2D eigenvalue weighted by molar-refractivity contribution is 6.09. The largest absolute Gasteiger partial charge is 0.455 e. The van der Waals surface area contributed by atoms with Crippen molar-refractivity contribution < 1.29 is 4.42 Å². The Morgan fingerprint density at radius 3 is 1.66 bits per heavy atom. The van der Waals surface area contributed by atoms with Crippen molar-refractivity contribution in [1.29, 1.82) is 0 Å². The molecular weight excluding hydrogens is 647 g/mol. The Labute approximate surface area is 306 Å². The summed E-state index contributed by atoms with van der Waals surface area (Å²) in [6.45, 7) is 0. The van der Waals surface area contributed by atoms with Gasteiger partial charge >= 0.3 is 0 Å². The summed E-state index contributed by atoms with van der Waals surface area (Å²) in [6, 6.07) is 65.2. The monoisotopic (exact) mass is 677 g/mol. The van der Waals surface area contributed by atoms with Crippen LogP contribution in [-0.2, 0) is 0 Å². The second kappa shape index (κ2) is 12.9. The highest BCUT2D eigenvalue weighted by Crippen LogP contribution is 2.39. The minimum Gasteiger partial charge on any atom is -0.455 e. The van der Waals surface area contributed by atoms with Gasteiger partial charge in [0.05, 0.1) is 5.56 Å². The molecule has 0 radical (unpaired) electrons. The van der Waals surface area contributed by atoms with Gasteiger partial charge < -0.3 is 4.42 Å². The van der Waals surface area contributed by atoms with Gasteiger partial charge in [-0.1, -0.05) is 164 Å². The minimum atomic E-state index is 0.555. The van der Waals surface area contributed by atoms with E-state index >= 15 is 0 Å². The van der Waals surface area contributed by atoms with Crippen LogP contribution in [0.3, 0.4) is 0 Å². The molecule has 0 saturated heterocycles. The fourth-order valence-corrected chi connectivity index (χ4v) is 7.35. The van der Waals surface area contributed by atoms with Crippen LogP contribution in [0.1, 0.15) is 0 Å². The van der Waals surface area contributed by atoms with Gasteiger partial charge in [0.15, 0.2) is 17.5 Å². The molecule has 0 spiro atoms. The molecule has 0 aliphatic carbocycles. The van der Waals surface area contributed by atoms with E-state index in [1.807, 2.05) is 42.5 Å². The summed E-state index contributed by atoms with van der Waals surface area (Å²) in [5, 5.41) is 4.51. The zero-order valence-electron chi connectivity index (χ0n) is 28.6. The predicted molar refractivity (Wildman–Crippen MR) is 217 cm³/mol. The van der Waals surface area contributed by atoms with Crippen LogP contribution in [0, 0.1) is 0 Å². The van der Waals surface area contributed by atoms with E-state index in [-0.39, 0.29) is 0 Å². The van der Waals surface area contributed by atoms with E-state index < -0.39 is 0 Å². The van der Waals surface area contributed by atoms with Gasteiger partial charge in [-0.05, 0) is 68.4 Å². The van der Waals surface area contributed by atoms with Gasteiger partial charge in [0.2, 0.25) is 0 Å². The molecule has 0 aliphatic heterocycles. The third-order valence-electron chi connectivity index (χ3n) is 9.98. The van der Waals surface area contributed by atoms with Crippen molar-refractivity contribution in [2.75, 3.05) is 0 Å². The Morgan fingerprint density at radius 1 is 0.302 bits per heavy atom. The molecule has 4 heteroatoms. The highest BCUT2D eigenvalue weighted by Gasteiger charge is 2.20. The summed E-state index contributed by atoms with van der Waals surface area (Å²) in [4.78, 5) is 15.6. The first kappa shape index (κ1) is 30.6. The number of nitrogens with zero attached hydrogens (tertiary/aromatic N) is 3. The van der Waals surface area contributed by atoms with Crippen molar-refractivity contribution in [2.24, 2.45) is 0 Å². The molecule has 4 nitrogen and oxygen atoms in total. The fourth-order valence-electron chi connectivity index (χ4n) is 7.35. The van der Waals surface area contributed by atoms with Crippen LogP contribution in [-0.4, -0.2) is 15.0 Å². The lowest BCUT2D eigenvalue weighted by Gasteiger charge is -2.15. The third kappa shape index (κ3) is 5.54. The molecule has 53 heavy (non-hydrogen) atoms. The molecular formula is C49H31N3O. The molecule has 0 N–H and O–H groups in total. The lowest BCUT2D eigenvalue weighted by Crippen LogP contribution is -2.01. The number of benzene rings is 8. The normalized spacial score (nSPS) is 11.4. The Kier molecular flexibility index (Phi) is 7.43. The average Bonchev–Trinajstić information content (AvgIpc) is 3.63. The minimum absolute atomic E-state index is 0.555. The lowest BCUT2D eigenvalue weighted by molar-refractivity contribution is 0.669. The smallest absolute Gasteiger partial charge is 0.167 e. The summed E-state index contributed by atoms with van der Waals surface area (Å²) in [5.41, 5.74) is 10.9.